The zero-order chi connectivity index (χ0) is 28.2. The first kappa shape index (κ1) is 29.1. The summed E-state index contributed by atoms with van der Waals surface area (Å²) in [5, 5.41) is 2.25. The van der Waals surface area contributed by atoms with Crippen LogP contribution in [0.2, 0.25) is 0 Å². The molecule has 0 aliphatic carbocycles. The van der Waals surface area contributed by atoms with Crippen molar-refractivity contribution in [1.29, 1.82) is 0 Å². The van der Waals surface area contributed by atoms with Gasteiger partial charge in [-0.3, -0.25) is 0 Å². The van der Waals surface area contributed by atoms with Crippen LogP contribution in [0.4, 0.5) is 0 Å². The molecule has 0 bridgehead atoms. The predicted octanol–water partition coefficient (Wildman–Crippen LogP) is 9.76. The third-order valence-electron chi connectivity index (χ3n) is 7.32. The molecule has 0 fully saturated rings. The smallest absolute Gasteiger partial charge is 0.121 e. The Bertz CT molecular complexity index is 1910. The van der Waals surface area contributed by atoms with Crippen LogP contribution in [0.5, 0.6) is 0 Å². The summed E-state index contributed by atoms with van der Waals surface area (Å²) in [6, 6.07) is 43.7. The van der Waals surface area contributed by atoms with Gasteiger partial charge in [0.05, 0.1) is 5.58 Å². The van der Waals surface area contributed by atoms with Gasteiger partial charge in [0.15, 0.2) is 0 Å². The molecular weight excluding hydrogens is 693 g/mol. The van der Waals surface area contributed by atoms with Crippen LogP contribution in [0.3, 0.4) is 0 Å². The molecule has 0 amide bonds. The minimum atomic E-state index is 0. The van der Waals surface area contributed by atoms with Crippen molar-refractivity contribution >= 4 is 21.9 Å². The Morgan fingerprint density at radius 2 is 1.45 bits per heavy atom. The van der Waals surface area contributed by atoms with Crippen LogP contribution in [0, 0.1) is 26.0 Å². The van der Waals surface area contributed by atoms with Gasteiger partial charge in [-0.05, 0) is 60.0 Å². The average molecular weight is 723 g/mol. The Balaban J connectivity index is 0.000000164. The molecule has 42 heavy (non-hydrogen) atoms. The Labute approximate surface area is 260 Å². The maximum Gasteiger partial charge on any atom is 0.121 e. The Morgan fingerprint density at radius 3 is 2.21 bits per heavy atom. The van der Waals surface area contributed by atoms with Gasteiger partial charge < -0.3 is 14.4 Å². The first-order chi connectivity index (χ1) is 20.1. The largest absolute Gasteiger partial charge is 0.501 e. The van der Waals surface area contributed by atoms with E-state index in [4.69, 9.17) is 4.42 Å². The summed E-state index contributed by atoms with van der Waals surface area (Å²) in [4.78, 5) is 8.89. The monoisotopic (exact) mass is 723 g/mol. The van der Waals surface area contributed by atoms with E-state index in [1.807, 2.05) is 67.8 Å². The van der Waals surface area contributed by atoms with Gasteiger partial charge in [-0.2, -0.15) is 0 Å². The molecule has 0 aliphatic rings. The van der Waals surface area contributed by atoms with E-state index in [1.165, 1.54) is 16.7 Å². The second-order valence-electron chi connectivity index (χ2n) is 10.3. The summed E-state index contributed by atoms with van der Waals surface area (Å²) in [6.45, 7) is 6.33. The Hall–Kier alpha value is -4.37. The minimum absolute atomic E-state index is 0. The van der Waals surface area contributed by atoms with Crippen LogP contribution in [-0.2, 0) is 20.1 Å². The number of hydrogen-bond acceptors (Lipinski definition) is 3. The first-order valence-corrected chi connectivity index (χ1v) is 13.8. The molecule has 3 heterocycles. The molecule has 0 aliphatic heterocycles. The number of furan rings is 1. The maximum absolute atomic E-state index is 6.08. The quantitative estimate of drug-likeness (QED) is 0.170. The summed E-state index contributed by atoms with van der Waals surface area (Å²) < 4.78 is 6.08. The Morgan fingerprint density at radius 1 is 0.667 bits per heavy atom. The molecule has 7 rings (SSSR count). The van der Waals surface area contributed by atoms with Crippen molar-refractivity contribution in [3.63, 3.8) is 0 Å². The van der Waals surface area contributed by atoms with Crippen molar-refractivity contribution in [2.45, 2.75) is 26.7 Å². The fraction of sp³-hybridized carbons (Fsp3) is 0.105. The molecule has 3 nitrogen and oxygen atoms in total. The molecule has 1 radical (unpaired) electrons. The van der Waals surface area contributed by atoms with E-state index >= 15 is 0 Å². The standard InChI is InChI=1S/C19H14NO.C19H16N.Ir/c1-12-6-8-14-15-4-3-5-16(19(15)21-18(14)10-12)17-9-7-13(2)11-20-17;1-15(16-8-3-2-4-9-16)17-10-7-11-18(14-17)19-12-5-6-13-20-19;/h3-4,6-11H,1-2H3;2-10,12-15H,1H3;/q2*-1;. The van der Waals surface area contributed by atoms with E-state index in [2.05, 4.69) is 96.6 Å². The molecule has 4 aromatic carbocycles. The first-order valence-electron chi connectivity index (χ1n) is 13.8. The second kappa shape index (κ2) is 13.1. The van der Waals surface area contributed by atoms with E-state index in [1.54, 1.807) is 0 Å². The number of fused-ring (bicyclic) bond motifs is 3. The Kier molecular flexibility index (Phi) is 9.07. The third-order valence-corrected chi connectivity index (χ3v) is 7.32. The summed E-state index contributed by atoms with van der Waals surface area (Å²) in [5.74, 6) is 0.369. The fourth-order valence-corrected chi connectivity index (χ4v) is 5.01. The average Bonchev–Trinajstić information content (AvgIpc) is 3.40. The molecule has 3 aromatic heterocycles. The summed E-state index contributed by atoms with van der Waals surface area (Å²) in [7, 11) is 0. The summed E-state index contributed by atoms with van der Waals surface area (Å²) in [6.07, 6.45) is 3.69. The summed E-state index contributed by atoms with van der Waals surface area (Å²) in [5.41, 5.74) is 10.5. The molecule has 7 aromatic rings. The topological polar surface area (TPSA) is 38.9 Å². The predicted molar refractivity (Wildman–Crippen MR) is 168 cm³/mol. The van der Waals surface area contributed by atoms with Crippen LogP contribution < -0.4 is 0 Å². The third kappa shape index (κ3) is 6.26. The van der Waals surface area contributed by atoms with Gasteiger partial charge >= 0.3 is 0 Å². The van der Waals surface area contributed by atoms with Crippen molar-refractivity contribution in [2.75, 3.05) is 0 Å². The van der Waals surface area contributed by atoms with E-state index in [0.29, 0.717) is 5.92 Å². The molecule has 0 N–H and O–H groups in total. The number of benzene rings is 4. The zero-order valence-electron chi connectivity index (χ0n) is 23.8. The van der Waals surface area contributed by atoms with Crippen molar-refractivity contribution in [3.8, 4) is 22.5 Å². The van der Waals surface area contributed by atoms with E-state index in [9.17, 15) is 0 Å². The van der Waals surface area contributed by atoms with Crippen molar-refractivity contribution in [1.82, 2.24) is 9.97 Å². The number of pyridine rings is 2. The van der Waals surface area contributed by atoms with Gasteiger partial charge in [-0.15, -0.1) is 53.6 Å². The van der Waals surface area contributed by atoms with E-state index in [-0.39, 0.29) is 20.1 Å². The van der Waals surface area contributed by atoms with Gasteiger partial charge in [0.25, 0.3) is 0 Å². The second-order valence-corrected chi connectivity index (χ2v) is 10.3. The molecule has 0 saturated carbocycles. The van der Waals surface area contributed by atoms with Gasteiger partial charge in [0, 0.05) is 37.9 Å². The fourth-order valence-electron chi connectivity index (χ4n) is 5.01. The number of aryl methyl sites for hydroxylation is 2. The van der Waals surface area contributed by atoms with Gasteiger partial charge in [0.2, 0.25) is 0 Å². The molecule has 1 atom stereocenters. The van der Waals surface area contributed by atoms with Crippen LogP contribution in [0.25, 0.3) is 44.5 Å². The molecular formula is C38H30IrN2O-2. The minimum Gasteiger partial charge on any atom is -0.501 e. The van der Waals surface area contributed by atoms with Gasteiger partial charge in [-0.25, -0.2) is 0 Å². The number of nitrogens with zero attached hydrogens (tertiary/aromatic N) is 2. The number of hydrogen-bond donors (Lipinski definition) is 0. The molecule has 1 unspecified atom stereocenters. The number of rotatable bonds is 4. The molecule has 4 heteroatoms. The van der Waals surface area contributed by atoms with E-state index < -0.39 is 0 Å². The SMILES string of the molecule is CC(c1ccccc1)c1cc[c-]c(-c2ccccn2)c1.Cc1ccc(-c2[c-]ccc3c2oc2cc(C)ccc23)nc1.[Ir]. The number of aromatic nitrogens is 2. The van der Waals surface area contributed by atoms with Crippen LogP contribution >= 0.6 is 0 Å². The van der Waals surface area contributed by atoms with Gasteiger partial charge in [0.1, 0.15) is 5.58 Å². The summed E-state index contributed by atoms with van der Waals surface area (Å²) >= 11 is 0. The van der Waals surface area contributed by atoms with Crippen molar-refractivity contribution in [2.24, 2.45) is 0 Å². The van der Waals surface area contributed by atoms with Crippen LogP contribution in [0.1, 0.15) is 35.1 Å². The molecule has 0 saturated heterocycles. The van der Waals surface area contributed by atoms with Crippen molar-refractivity contribution in [3.05, 3.63) is 156 Å². The maximum atomic E-state index is 6.08. The van der Waals surface area contributed by atoms with Crippen molar-refractivity contribution < 1.29 is 24.5 Å². The zero-order valence-corrected chi connectivity index (χ0v) is 26.2. The van der Waals surface area contributed by atoms with Gasteiger partial charge in [-0.1, -0.05) is 84.6 Å². The normalized spacial score (nSPS) is 11.4. The van der Waals surface area contributed by atoms with Crippen LogP contribution in [-0.4, -0.2) is 9.97 Å². The van der Waals surface area contributed by atoms with Crippen LogP contribution in [0.15, 0.2) is 126 Å². The molecule has 209 valence electrons. The van der Waals surface area contributed by atoms with E-state index in [0.717, 1.165) is 50.0 Å². The molecule has 0 spiro atoms.